The third-order valence-corrected chi connectivity index (χ3v) is 3.14. The van der Waals surface area contributed by atoms with Crippen molar-refractivity contribution in [2.24, 2.45) is 5.73 Å². The molecule has 0 heterocycles. The fraction of sp³-hybridized carbons (Fsp3) is 0.429. The normalized spacial score (nSPS) is 12.5. The van der Waals surface area contributed by atoms with Crippen molar-refractivity contribution in [3.05, 3.63) is 24.0 Å². The highest BCUT2D eigenvalue weighted by atomic mass is 19.1. The molecule has 1 rings (SSSR count). The van der Waals surface area contributed by atoms with Crippen LogP contribution in [0.15, 0.2) is 18.2 Å². The molecule has 0 saturated carbocycles. The van der Waals surface area contributed by atoms with Crippen LogP contribution in [-0.2, 0) is 9.59 Å². The molecule has 7 heteroatoms. The number of primary amides is 1. The second-order valence-electron chi connectivity index (χ2n) is 5.13. The molecule has 0 spiro atoms. The molecule has 1 aromatic carbocycles. The van der Waals surface area contributed by atoms with Crippen molar-refractivity contribution in [3.8, 4) is 0 Å². The van der Waals surface area contributed by atoms with Gasteiger partial charge in [0.2, 0.25) is 11.8 Å². The largest absolute Gasteiger partial charge is 0.396 e. The lowest BCUT2D eigenvalue weighted by atomic mass is 10.2. The minimum atomic E-state index is -0.566. The first-order chi connectivity index (χ1) is 9.72. The van der Waals surface area contributed by atoms with E-state index in [4.69, 9.17) is 11.5 Å². The summed E-state index contributed by atoms with van der Waals surface area (Å²) >= 11 is 0. The zero-order valence-corrected chi connectivity index (χ0v) is 12.4. The topological polar surface area (TPSA) is 101 Å². The Kier molecular flexibility index (Phi) is 5.66. The first-order valence-electron chi connectivity index (χ1n) is 6.62. The number of nitrogens with zero attached hydrogens (tertiary/aromatic N) is 1. The minimum Gasteiger partial charge on any atom is -0.396 e. The molecule has 6 nitrogen and oxygen atoms in total. The van der Waals surface area contributed by atoms with E-state index in [-0.39, 0.29) is 24.2 Å². The Labute approximate surface area is 123 Å². The molecular weight excluding hydrogens is 275 g/mol. The van der Waals surface area contributed by atoms with E-state index in [0.717, 1.165) is 0 Å². The first kappa shape index (κ1) is 16.9. The van der Waals surface area contributed by atoms with E-state index >= 15 is 0 Å². The maximum Gasteiger partial charge on any atom is 0.241 e. The Morgan fingerprint density at radius 2 is 1.95 bits per heavy atom. The summed E-state index contributed by atoms with van der Waals surface area (Å²) in [7, 11) is 0. The van der Waals surface area contributed by atoms with Crippen LogP contribution in [0.5, 0.6) is 0 Å². The van der Waals surface area contributed by atoms with E-state index in [0.29, 0.717) is 5.69 Å². The van der Waals surface area contributed by atoms with E-state index in [9.17, 15) is 14.0 Å². The van der Waals surface area contributed by atoms with Crippen LogP contribution in [0, 0.1) is 5.82 Å². The lowest BCUT2D eigenvalue weighted by Gasteiger charge is -2.30. The van der Waals surface area contributed by atoms with Gasteiger partial charge in [-0.2, -0.15) is 0 Å². The number of nitrogens with two attached hydrogens (primary N) is 2. The van der Waals surface area contributed by atoms with E-state index in [1.54, 1.807) is 11.8 Å². The van der Waals surface area contributed by atoms with Crippen LogP contribution in [0.4, 0.5) is 15.8 Å². The van der Waals surface area contributed by atoms with Gasteiger partial charge in [0.05, 0.1) is 18.3 Å². The molecule has 2 amide bonds. The van der Waals surface area contributed by atoms with Crippen LogP contribution in [0.3, 0.4) is 0 Å². The molecule has 0 aliphatic carbocycles. The smallest absolute Gasteiger partial charge is 0.241 e. The van der Waals surface area contributed by atoms with Gasteiger partial charge in [-0.1, -0.05) is 0 Å². The predicted octanol–water partition coefficient (Wildman–Crippen LogP) is 0.931. The SMILES string of the molecule is CC(C)N(CC(N)=O)C(C)C(=O)Nc1ccc(F)c(N)c1. The monoisotopic (exact) mass is 296 g/mol. The summed E-state index contributed by atoms with van der Waals surface area (Å²) in [5, 5.41) is 2.64. The van der Waals surface area contributed by atoms with Crippen molar-refractivity contribution in [1.82, 2.24) is 4.90 Å². The Morgan fingerprint density at radius 3 is 2.43 bits per heavy atom. The molecule has 116 valence electrons. The van der Waals surface area contributed by atoms with Gasteiger partial charge in [-0.15, -0.1) is 0 Å². The molecule has 5 N–H and O–H groups in total. The summed E-state index contributed by atoms with van der Waals surface area (Å²) in [5.74, 6) is -1.37. The lowest BCUT2D eigenvalue weighted by molar-refractivity contribution is -0.124. The van der Waals surface area contributed by atoms with Crippen molar-refractivity contribution in [2.45, 2.75) is 32.9 Å². The number of nitrogen functional groups attached to an aromatic ring is 1. The van der Waals surface area contributed by atoms with E-state index in [2.05, 4.69) is 5.32 Å². The predicted molar refractivity (Wildman–Crippen MR) is 79.9 cm³/mol. The van der Waals surface area contributed by atoms with E-state index in [1.165, 1.54) is 18.2 Å². The lowest BCUT2D eigenvalue weighted by Crippen LogP contribution is -2.49. The van der Waals surface area contributed by atoms with Crippen molar-refractivity contribution in [1.29, 1.82) is 0 Å². The van der Waals surface area contributed by atoms with Crippen LogP contribution in [-0.4, -0.2) is 35.3 Å². The molecule has 1 atom stereocenters. The van der Waals surface area contributed by atoms with Crippen molar-refractivity contribution < 1.29 is 14.0 Å². The van der Waals surface area contributed by atoms with Crippen LogP contribution in [0.25, 0.3) is 0 Å². The van der Waals surface area contributed by atoms with Crippen LogP contribution in [0.2, 0.25) is 0 Å². The standard InChI is InChI=1S/C14H21FN4O2/c1-8(2)19(7-13(17)20)9(3)14(21)18-10-4-5-11(15)12(16)6-10/h4-6,8-9H,7,16H2,1-3H3,(H2,17,20)(H,18,21). The summed E-state index contributed by atoms with van der Waals surface area (Å²) in [6.45, 7) is 5.38. The Bertz CT molecular complexity index is 534. The van der Waals surface area contributed by atoms with E-state index < -0.39 is 17.8 Å². The quantitative estimate of drug-likeness (QED) is 0.680. The fourth-order valence-corrected chi connectivity index (χ4v) is 1.97. The molecule has 0 aromatic heterocycles. The molecule has 0 fully saturated rings. The van der Waals surface area contributed by atoms with Crippen molar-refractivity contribution in [2.75, 3.05) is 17.6 Å². The number of carbonyl (C=O) groups is 2. The van der Waals surface area contributed by atoms with Crippen LogP contribution in [0.1, 0.15) is 20.8 Å². The highest BCUT2D eigenvalue weighted by Gasteiger charge is 2.25. The van der Waals surface area contributed by atoms with Gasteiger partial charge in [-0.05, 0) is 39.0 Å². The van der Waals surface area contributed by atoms with Gasteiger partial charge in [-0.3, -0.25) is 14.5 Å². The van der Waals surface area contributed by atoms with Gasteiger partial charge in [0, 0.05) is 11.7 Å². The van der Waals surface area contributed by atoms with Gasteiger partial charge in [-0.25, -0.2) is 4.39 Å². The van der Waals surface area contributed by atoms with Crippen molar-refractivity contribution >= 4 is 23.2 Å². The third kappa shape index (κ3) is 4.71. The molecule has 0 radical (unpaired) electrons. The van der Waals surface area contributed by atoms with Gasteiger partial charge in [0.15, 0.2) is 0 Å². The second kappa shape index (κ2) is 7.03. The van der Waals surface area contributed by atoms with Gasteiger partial charge in [0.25, 0.3) is 0 Å². The maximum atomic E-state index is 13.1. The van der Waals surface area contributed by atoms with Gasteiger partial charge >= 0.3 is 0 Å². The highest BCUT2D eigenvalue weighted by Crippen LogP contribution is 2.17. The molecule has 0 bridgehead atoms. The van der Waals surface area contributed by atoms with Gasteiger partial charge in [0.1, 0.15) is 5.82 Å². The number of anilines is 2. The molecule has 0 saturated heterocycles. The summed E-state index contributed by atoms with van der Waals surface area (Å²) < 4.78 is 13.1. The highest BCUT2D eigenvalue weighted by molar-refractivity contribution is 5.95. The van der Waals surface area contributed by atoms with Crippen molar-refractivity contribution in [3.63, 3.8) is 0 Å². The van der Waals surface area contributed by atoms with E-state index in [1.807, 2.05) is 13.8 Å². The molecular formula is C14H21FN4O2. The zero-order valence-electron chi connectivity index (χ0n) is 12.4. The zero-order chi connectivity index (χ0) is 16.2. The maximum absolute atomic E-state index is 13.1. The second-order valence-corrected chi connectivity index (χ2v) is 5.13. The average molecular weight is 296 g/mol. The number of benzene rings is 1. The van der Waals surface area contributed by atoms with Crippen LogP contribution >= 0.6 is 0 Å². The average Bonchev–Trinajstić information content (AvgIpc) is 2.39. The summed E-state index contributed by atoms with van der Waals surface area (Å²) in [6, 6.07) is 3.34. The summed E-state index contributed by atoms with van der Waals surface area (Å²) in [6.07, 6.45) is 0. The molecule has 1 unspecified atom stereocenters. The minimum absolute atomic E-state index is 0.0161. The summed E-state index contributed by atoms with van der Waals surface area (Å²) in [4.78, 5) is 24.9. The number of hydrogen-bond acceptors (Lipinski definition) is 4. The van der Waals surface area contributed by atoms with Crippen LogP contribution < -0.4 is 16.8 Å². The fourth-order valence-electron chi connectivity index (χ4n) is 1.97. The number of hydrogen-bond donors (Lipinski definition) is 3. The third-order valence-electron chi connectivity index (χ3n) is 3.14. The number of rotatable bonds is 6. The Morgan fingerprint density at radius 1 is 1.33 bits per heavy atom. The molecule has 21 heavy (non-hydrogen) atoms. The number of carbonyl (C=O) groups excluding carboxylic acids is 2. The first-order valence-corrected chi connectivity index (χ1v) is 6.62. The molecule has 0 aliphatic heterocycles. The number of halogens is 1. The number of amides is 2. The van der Waals surface area contributed by atoms with Gasteiger partial charge < -0.3 is 16.8 Å². The Hall–Kier alpha value is -2.15. The number of nitrogens with one attached hydrogen (secondary N) is 1. The Balaban J connectivity index is 2.80. The molecule has 0 aliphatic rings. The summed E-state index contributed by atoms with van der Waals surface area (Å²) in [5.41, 5.74) is 11.0. The molecule has 1 aromatic rings.